The summed E-state index contributed by atoms with van der Waals surface area (Å²) in [5.74, 6) is 0. The van der Waals surface area contributed by atoms with Crippen LogP contribution in [0.4, 0.5) is 11.4 Å². The molecule has 0 saturated heterocycles. The van der Waals surface area contributed by atoms with Crippen molar-refractivity contribution < 1.29 is 4.43 Å². The molecule has 0 saturated carbocycles. The molecule has 4 heteroatoms. The number of para-hydroxylation sites is 2. The molecule has 156 valence electrons. The van der Waals surface area contributed by atoms with Crippen molar-refractivity contribution in [3.8, 4) is 0 Å². The van der Waals surface area contributed by atoms with Crippen LogP contribution < -0.4 is 0 Å². The zero-order valence-electron chi connectivity index (χ0n) is 19.4. The van der Waals surface area contributed by atoms with Crippen molar-refractivity contribution in [1.29, 1.82) is 0 Å². The van der Waals surface area contributed by atoms with Crippen LogP contribution in [0.2, 0.25) is 19.6 Å². The Hall–Kier alpha value is -2.04. The molecule has 0 spiro atoms. The maximum Gasteiger partial charge on any atom is 0.183 e. The number of benzene rings is 2. The first kappa shape index (κ1) is 23.2. The van der Waals surface area contributed by atoms with Crippen molar-refractivity contribution in [3.63, 3.8) is 0 Å². The van der Waals surface area contributed by atoms with Crippen LogP contribution in [0.25, 0.3) is 0 Å². The zero-order chi connectivity index (χ0) is 21.6. The van der Waals surface area contributed by atoms with E-state index in [1.807, 2.05) is 0 Å². The van der Waals surface area contributed by atoms with E-state index < -0.39 is 8.32 Å². The third-order valence-corrected chi connectivity index (χ3v) is 5.99. The summed E-state index contributed by atoms with van der Waals surface area (Å²) in [6.45, 7) is 18.0. The largest absolute Gasteiger partial charge is 0.418 e. The van der Waals surface area contributed by atoms with Gasteiger partial charge in [-0.15, -0.1) is 0 Å². The second-order valence-electron chi connectivity index (χ2n) is 8.80. The standard InChI is InChI=1S/C25H36N2OSi/c1-18-12-9-13-19(2)24(18)26-22(5)23(16-11-17-28-29(6,7)8)27-25-20(3)14-10-15-21(25)4/h9-10,12-15H,11,16-17H2,1-8H3. The Labute approximate surface area is 178 Å². The van der Waals surface area contributed by atoms with E-state index in [1.54, 1.807) is 0 Å². The van der Waals surface area contributed by atoms with E-state index in [1.165, 1.54) is 22.3 Å². The van der Waals surface area contributed by atoms with Crippen LogP contribution in [-0.4, -0.2) is 26.3 Å². The molecule has 0 aliphatic heterocycles. The molecular formula is C25H36N2OSi. The summed E-state index contributed by atoms with van der Waals surface area (Å²) in [5.41, 5.74) is 8.92. The molecule has 0 fully saturated rings. The third-order valence-electron chi connectivity index (χ3n) is 4.92. The zero-order valence-corrected chi connectivity index (χ0v) is 20.4. The van der Waals surface area contributed by atoms with Crippen LogP contribution in [-0.2, 0) is 4.43 Å². The minimum absolute atomic E-state index is 0.776. The molecule has 29 heavy (non-hydrogen) atoms. The van der Waals surface area contributed by atoms with Crippen LogP contribution in [0.3, 0.4) is 0 Å². The fourth-order valence-electron chi connectivity index (χ4n) is 3.27. The van der Waals surface area contributed by atoms with Gasteiger partial charge in [0, 0.05) is 6.61 Å². The van der Waals surface area contributed by atoms with Crippen molar-refractivity contribution in [2.24, 2.45) is 9.98 Å². The van der Waals surface area contributed by atoms with Crippen molar-refractivity contribution in [2.75, 3.05) is 6.61 Å². The molecule has 0 aromatic heterocycles. The molecule has 2 rings (SSSR count). The lowest BCUT2D eigenvalue weighted by molar-refractivity contribution is 0.307. The van der Waals surface area contributed by atoms with Crippen LogP contribution in [0.5, 0.6) is 0 Å². The van der Waals surface area contributed by atoms with Crippen LogP contribution >= 0.6 is 0 Å². The van der Waals surface area contributed by atoms with Gasteiger partial charge in [0.2, 0.25) is 0 Å². The van der Waals surface area contributed by atoms with Crippen molar-refractivity contribution in [1.82, 2.24) is 0 Å². The van der Waals surface area contributed by atoms with Crippen molar-refractivity contribution >= 4 is 31.1 Å². The number of nitrogens with zero attached hydrogens (tertiary/aromatic N) is 2. The minimum Gasteiger partial charge on any atom is -0.418 e. The highest BCUT2D eigenvalue weighted by Gasteiger charge is 2.14. The second kappa shape index (κ2) is 10.1. The van der Waals surface area contributed by atoms with Gasteiger partial charge in [0.25, 0.3) is 0 Å². The van der Waals surface area contributed by atoms with E-state index in [0.717, 1.165) is 42.2 Å². The van der Waals surface area contributed by atoms with E-state index in [2.05, 4.69) is 90.7 Å². The molecule has 2 aromatic rings. The van der Waals surface area contributed by atoms with Gasteiger partial charge in [0.05, 0.1) is 22.8 Å². The number of aliphatic imine (C=N–C) groups is 2. The molecule has 0 amide bonds. The van der Waals surface area contributed by atoms with E-state index in [4.69, 9.17) is 14.4 Å². The van der Waals surface area contributed by atoms with E-state index in [0.29, 0.717) is 0 Å². The van der Waals surface area contributed by atoms with Crippen LogP contribution in [0.15, 0.2) is 46.4 Å². The lowest BCUT2D eigenvalue weighted by atomic mass is 10.1. The maximum absolute atomic E-state index is 6.06. The predicted molar refractivity (Wildman–Crippen MR) is 130 cm³/mol. The summed E-state index contributed by atoms with van der Waals surface area (Å²) in [4.78, 5) is 10.1. The normalized spacial score (nSPS) is 13.1. The number of hydrogen-bond donors (Lipinski definition) is 0. The Balaban J connectivity index is 2.38. The van der Waals surface area contributed by atoms with E-state index >= 15 is 0 Å². The Kier molecular flexibility index (Phi) is 8.11. The molecule has 0 atom stereocenters. The molecule has 0 heterocycles. The average Bonchev–Trinajstić information content (AvgIpc) is 2.62. The van der Waals surface area contributed by atoms with Gasteiger partial charge in [-0.3, -0.25) is 9.98 Å². The molecule has 0 unspecified atom stereocenters. The summed E-state index contributed by atoms with van der Waals surface area (Å²) >= 11 is 0. The van der Waals surface area contributed by atoms with Gasteiger partial charge in [0.1, 0.15) is 0 Å². The Bertz CT molecular complexity index is 867. The predicted octanol–water partition coefficient (Wildman–Crippen LogP) is 7.42. The average molecular weight is 409 g/mol. The van der Waals surface area contributed by atoms with Crippen molar-refractivity contribution in [3.05, 3.63) is 58.7 Å². The number of aryl methyl sites for hydroxylation is 4. The van der Waals surface area contributed by atoms with Gasteiger partial charge >= 0.3 is 0 Å². The fraction of sp³-hybridized carbons (Fsp3) is 0.440. The van der Waals surface area contributed by atoms with Gasteiger partial charge < -0.3 is 4.43 Å². The molecule has 3 nitrogen and oxygen atoms in total. The van der Waals surface area contributed by atoms with Gasteiger partial charge in [-0.25, -0.2) is 0 Å². The first-order valence-corrected chi connectivity index (χ1v) is 13.9. The lowest BCUT2D eigenvalue weighted by Gasteiger charge is -2.17. The Morgan fingerprint density at radius 2 is 1.24 bits per heavy atom. The highest BCUT2D eigenvalue weighted by molar-refractivity contribution is 6.69. The summed E-state index contributed by atoms with van der Waals surface area (Å²) in [5, 5.41) is 0. The fourth-order valence-corrected chi connectivity index (χ4v) is 4.02. The highest BCUT2D eigenvalue weighted by atomic mass is 28.4. The summed E-state index contributed by atoms with van der Waals surface area (Å²) < 4.78 is 6.06. The van der Waals surface area contributed by atoms with E-state index in [-0.39, 0.29) is 0 Å². The van der Waals surface area contributed by atoms with Gasteiger partial charge in [-0.2, -0.15) is 0 Å². The SMILES string of the molecule is CC(=Nc1c(C)cccc1C)C(CCCO[Si](C)(C)C)=Nc1c(C)cccc1C. The first-order chi connectivity index (χ1) is 13.6. The monoisotopic (exact) mass is 408 g/mol. The number of rotatable bonds is 8. The molecule has 2 aromatic carbocycles. The van der Waals surface area contributed by atoms with Crippen LogP contribution in [0, 0.1) is 27.7 Å². The van der Waals surface area contributed by atoms with E-state index in [9.17, 15) is 0 Å². The quantitative estimate of drug-likeness (QED) is 0.254. The third kappa shape index (κ3) is 7.05. The molecular weight excluding hydrogens is 372 g/mol. The second-order valence-corrected chi connectivity index (χ2v) is 13.3. The van der Waals surface area contributed by atoms with Gasteiger partial charge in [-0.1, -0.05) is 36.4 Å². The summed E-state index contributed by atoms with van der Waals surface area (Å²) in [6, 6.07) is 12.6. The van der Waals surface area contributed by atoms with Gasteiger partial charge in [-0.05, 0) is 89.4 Å². The topological polar surface area (TPSA) is 34.0 Å². The summed E-state index contributed by atoms with van der Waals surface area (Å²) in [7, 11) is -1.49. The maximum atomic E-state index is 6.06. The lowest BCUT2D eigenvalue weighted by Crippen LogP contribution is -2.26. The van der Waals surface area contributed by atoms with Crippen LogP contribution in [0.1, 0.15) is 42.0 Å². The molecule has 0 radical (unpaired) electrons. The molecule has 0 bridgehead atoms. The van der Waals surface area contributed by atoms with Crippen molar-refractivity contribution in [2.45, 2.75) is 67.1 Å². The Morgan fingerprint density at radius 3 is 1.69 bits per heavy atom. The Morgan fingerprint density at radius 1 is 0.793 bits per heavy atom. The smallest absolute Gasteiger partial charge is 0.183 e. The highest BCUT2D eigenvalue weighted by Crippen LogP contribution is 2.26. The number of hydrogen-bond acceptors (Lipinski definition) is 3. The molecule has 0 aliphatic rings. The first-order valence-electron chi connectivity index (χ1n) is 10.5. The minimum atomic E-state index is -1.49. The molecule has 0 N–H and O–H groups in total. The summed E-state index contributed by atoms with van der Waals surface area (Å²) in [6.07, 6.45) is 1.81. The van der Waals surface area contributed by atoms with Gasteiger partial charge in [0.15, 0.2) is 8.32 Å². The molecule has 0 aliphatic carbocycles.